The molecule has 0 saturated carbocycles. The van der Waals surface area contributed by atoms with Crippen LogP contribution >= 0.6 is 27.3 Å². The van der Waals surface area contributed by atoms with Crippen molar-refractivity contribution >= 4 is 48.9 Å². The number of esters is 1. The van der Waals surface area contributed by atoms with E-state index in [4.69, 9.17) is 4.74 Å². The van der Waals surface area contributed by atoms with Crippen LogP contribution in [0.1, 0.15) is 39.0 Å². The summed E-state index contributed by atoms with van der Waals surface area (Å²) in [6, 6.07) is 10.7. The topological polar surface area (TPSA) is 63.7 Å². The van der Waals surface area contributed by atoms with Gasteiger partial charge in [0.25, 0.3) is 10.0 Å². The Bertz CT molecular complexity index is 805. The van der Waals surface area contributed by atoms with Gasteiger partial charge in [-0.25, -0.2) is 8.42 Å². The number of nitrogens with zero attached hydrogens (tertiary/aromatic N) is 1. The molecule has 0 bridgehead atoms. The third kappa shape index (κ3) is 6.62. The summed E-state index contributed by atoms with van der Waals surface area (Å²) in [4.78, 5) is 11.3. The van der Waals surface area contributed by atoms with Crippen molar-refractivity contribution in [3.63, 3.8) is 0 Å². The monoisotopic (exact) mass is 473 g/mol. The first-order valence-corrected chi connectivity index (χ1v) is 12.0. The lowest BCUT2D eigenvalue weighted by Gasteiger charge is -2.24. The first kappa shape index (κ1) is 21.9. The smallest absolute Gasteiger partial charge is 0.305 e. The molecule has 0 saturated heterocycles. The van der Waals surface area contributed by atoms with Crippen LogP contribution in [0.4, 0.5) is 5.69 Å². The van der Waals surface area contributed by atoms with Gasteiger partial charge in [0.15, 0.2) is 0 Å². The van der Waals surface area contributed by atoms with Crippen LogP contribution in [0.2, 0.25) is 0 Å². The summed E-state index contributed by atoms with van der Waals surface area (Å²) in [7, 11) is -3.57. The van der Waals surface area contributed by atoms with Gasteiger partial charge in [-0.3, -0.25) is 9.10 Å². The van der Waals surface area contributed by atoms with E-state index >= 15 is 0 Å². The molecule has 2 aromatic rings. The van der Waals surface area contributed by atoms with Crippen molar-refractivity contribution in [1.29, 1.82) is 0 Å². The summed E-state index contributed by atoms with van der Waals surface area (Å²) in [6.07, 6.45) is 3.62. The fourth-order valence-electron chi connectivity index (χ4n) is 2.63. The number of ether oxygens (including phenoxy) is 1. The summed E-state index contributed by atoms with van der Waals surface area (Å²) in [5.74, 6) is -0.172. The van der Waals surface area contributed by atoms with E-state index in [-0.39, 0.29) is 5.97 Å². The molecule has 1 heterocycles. The quantitative estimate of drug-likeness (QED) is 0.331. The summed E-state index contributed by atoms with van der Waals surface area (Å²) < 4.78 is 33.7. The number of sulfonamides is 1. The molecule has 0 amide bonds. The number of carbonyl (C=O) groups is 1. The fraction of sp³-hybridized carbons (Fsp3) is 0.421. The Hall–Kier alpha value is -1.38. The molecule has 0 aliphatic heterocycles. The molecule has 0 spiro atoms. The molecule has 0 N–H and O–H groups in total. The number of thiophene rings is 1. The highest BCUT2D eigenvalue weighted by Gasteiger charge is 2.25. The Morgan fingerprint density at radius 2 is 1.81 bits per heavy atom. The molecule has 0 radical (unpaired) electrons. The normalized spacial score (nSPS) is 11.3. The van der Waals surface area contributed by atoms with E-state index < -0.39 is 10.0 Å². The number of unbranched alkanes of at least 4 members (excludes halogenated alkanes) is 3. The molecule has 0 aliphatic carbocycles. The van der Waals surface area contributed by atoms with Crippen molar-refractivity contribution in [2.45, 2.75) is 43.2 Å². The maximum Gasteiger partial charge on any atom is 0.305 e. The molecule has 5 nitrogen and oxygen atoms in total. The molecule has 8 heteroatoms. The van der Waals surface area contributed by atoms with Crippen LogP contribution in [0.15, 0.2) is 50.5 Å². The molecule has 27 heavy (non-hydrogen) atoms. The van der Waals surface area contributed by atoms with Crippen LogP contribution < -0.4 is 4.31 Å². The van der Waals surface area contributed by atoms with E-state index in [2.05, 4.69) is 15.9 Å². The van der Waals surface area contributed by atoms with Crippen LogP contribution in [0.5, 0.6) is 0 Å². The molecule has 1 aromatic carbocycles. The zero-order valence-corrected chi connectivity index (χ0v) is 18.5. The number of hydrogen-bond acceptors (Lipinski definition) is 5. The van der Waals surface area contributed by atoms with E-state index in [1.807, 2.05) is 12.1 Å². The summed E-state index contributed by atoms with van der Waals surface area (Å²) >= 11 is 4.60. The van der Waals surface area contributed by atoms with Gasteiger partial charge < -0.3 is 4.74 Å². The van der Waals surface area contributed by atoms with Crippen molar-refractivity contribution in [3.05, 3.63) is 46.3 Å². The van der Waals surface area contributed by atoms with Crippen LogP contribution in [0, 0.1) is 0 Å². The molecule has 0 atom stereocenters. The van der Waals surface area contributed by atoms with Crippen LogP contribution in [0.3, 0.4) is 0 Å². The standard InChI is InChI=1S/C19H24BrNO4S2/c1-2-25-18(22)8-5-3-4-6-14-21(17-12-10-16(20)11-13-17)27(23,24)19-9-7-15-26-19/h7,9-13,15H,2-6,8,14H2,1H3. The molecule has 0 aliphatic rings. The van der Waals surface area contributed by atoms with E-state index in [9.17, 15) is 13.2 Å². The maximum atomic E-state index is 13.0. The first-order valence-electron chi connectivity index (χ1n) is 8.92. The number of rotatable bonds is 11. The van der Waals surface area contributed by atoms with Crippen molar-refractivity contribution in [1.82, 2.24) is 0 Å². The largest absolute Gasteiger partial charge is 0.466 e. The summed E-state index contributed by atoms with van der Waals surface area (Å²) in [5.41, 5.74) is 0.651. The minimum absolute atomic E-state index is 0.172. The Balaban J connectivity index is 1.97. The van der Waals surface area contributed by atoms with Gasteiger partial charge in [0.2, 0.25) is 0 Å². The van der Waals surface area contributed by atoms with Crippen molar-refractivity contribution in [3.8, 4) is 0 Å². The molecule has 0 fully saturated rings. The number of halogens is 1. The second-order valence-electron chi connectivity index (χ2n) is 5.95. The van der Waals surface area contributed by atoms with Gasteiger partial charge in [-0.05, 0) is 55.5 Å². The second kappa shape index (κ2) is 10.8. The van der Waals surface area contributed by atoms with Gasteiger partial charge in [0.1, 0.15) is 4.21 Å². The van der Waals surface area contributed by atoms with Crippen LogP contribution in [0.25, 0.3) is 0 Å². The fourth-order valence-corrected chi connectivity index (χ4v) is 5.50. The minimum atomic E-state index is -3.57. The zero-order chi connectivity index (χ0) is 19.7. The van der Waals surface area contributed by atoms with E-state index in [1.165, 1.54) is 15.6 Å². The van der Waals surface area contributed by atoms with Crippen molar-refractivity contribution in [2.75, 3.05) is 17.5 Å². The predicted octanol–water partition coefficient (Wildman–Crippen LogP) is 5.22. The zero-order valence-electron chi connectivity index (χ0n) is 15.3. The second-order valence-corrected chi connectivity index (χ2v) is 9.91. The maximum absolute atomic E-state index is 13.0. The highest BCUT2D eigenvalue weighted by atomic mass is 79.9. The third-order valence-corrected chi connectivity index (χ3v) is 7.68. The van der Waals surface area contributed by atoms with Crippen molar-refractivity contribution < 1.29 is 17.9 Å². The SMILES string of the molecule is CCOC(=O)CCCCCCN(c1ccc(Br)cc1)S(=O)(=O)c1cccs1. The molecule has 148 valence electrons. The Labute approximate surface area is 173 Å². The number of anilines is 1. The van der Waals surface area contributed by atoms with Crippen LogP contribution in [-0.4, -0.2) is 27.5 Å². The van der Waals surface area contributed by atoms with Gasteiger partial charge in [-0.1, -0.05) is 34.8 Å². The summed E-state index contributed by atoms with van der Waals surface area (Å²) in [6.45, 7) is 2.60. The third-order valence-electron chi connectivity index (χ3n) is 3.95. The number of hydrogen-bond donors (Lipinski definition) is 0. The molecule has 1 aromatic heterocycles. The van der Waals surface area contributed by atoms with Gasteiger partial charge in [-0.2, -0.15) is 0 Å². The highest BCUT2D eigenvalue weighted by Crippen LogP contribution is 2.28. The molecular formula is C19H24BrNO4S2. The Morgan fingerprint density at radius 1 is 1.11 bits per heavy atom. The number of carbonyl (C=O) groups excluding carboxylic acids is 1. The lowest BCUT2D eigenvalue weighted by atomic mass is 10.1. The highest BCUT2D eigenvalue weighted by molar-refractivity contribution is 9.10. The Kier molecular flexibility index (Phi) is 8.79. The van der Waals surface area contributed by atoms with E-state index in [1.54, 1.807) is 36.6 Å². The van der Waals surface area contributed by atoms with Gasteiger partial charge in [0.05, 0.1) is 12.3 Å². The lowest BCUT2D eigenvalue weighted by Crippen LogP contribution is -2.31. The van der Waals surface area contributed by atoms with Gasteiger partial charge in [0, 0.05) is 17.4 Å². The van der Waals surface area contributed by atoms with E-state index in [0.717, 1.165) is 30.2 Å². The number of benzene rings is 1. The van der Waals surface area contributed by atoms with Gasteiger partial charge in [-0.15, -0.1) is 11.3 Å². The lowest BCUT2D eigenvalue weighted by molar-refractivity contribution is -0.143. The predicted molar refractivity (Wildman–Crippen MR) is 113 cm³/mol. The first-order chi connectivity index (χ1) is 12.9. The molecule has 0 unspecified atom stereocenters. The average Bonchev–Trinajstić information content (AvgIpc) is 3.18. The molecule has 2 rings (SSSR count). The summed E-state index contributed by atoms with van der Waals surface area (Å²) in [5, 5.41) is 1.77. The molecular weight excluding hydrogens is 450 g/mol. The minimum Gasteiger partial charge on any atom is -0.466 e. The Morgan fingerprint density at radius 3 is 2.44 bits per heavy atom. The average molecular weight is 474 g/mol. The van der Waals surface area contributed by atoms with Gasteiger partial charge >= 0.3 is 5.97 Å². The van der Waals surface area contributed by atoms with E-state index in [0.29, 0.717) is 29.5 Å². The van der Waals surface area contributed by atoms with Crippen LogP contribution in [-0.2, 0) is 19.6 Å². The van der Waals surface area contributed by atoms with Crippen molar-refractivity contribution in [2.24, 2.45) is 0 Å².